The predicted octanol–water partition coefficient (Wildman–Crippen LogP) is 3.03. The molecule has 0 aliphatic heterocycles. The standard InChI is InChI=1S/C22H34N2O5/c1-13(2)19(23-20(25)17-9-11-18(28-8)12-10-17)22(27)29-16(7)21(26)24(14(3)4)15(5)6/h9-16,19H,1-8H3,(H,23,25)/t16-,19+/m1/s1. The van der Waals surface area contributed by atoms with Crippen LogP contribution in [0.2, 0.25) is 0 Å². The number of rotatable bonds is 9. The Kier molecular flexibility index (Phi) is 9.14. The Labute approximate surface area is 173 Å². The van der Waals surface area contributed by atoms with Crippen LogP contribution in [-0.2, 0) is 14.3 Å². The third-order valence-corrected chi connectivity index (χ3v) is 4.57. The normalized spacial score (nSPS) is 13.2. The molecule has 0 saturated heterocycles. The predicted molar refractivity (Wildman–Crippen MR) is 112 cm³/mol. The number of carbonyl (C=O) groups excluding carboxylic acids is 3. The van der Waals surface area contributed by atoms with E-state index in [1.165, 1.54) is 0 Å². The Morgan fingerprint density at radius 2 is 1.41 bits per heavy atom. The van der Waals surface area contributed by atoms with Crippen LogP contribution in [0.3, 0.4) is 0 Å². The van der Waals surface area contributed by atoms with E-state index in [1.807, 2.05) is 27.7 Å². The fourth-order valence-corrected chi connectivity index (χ4v) is 3.08. The molecule has 7 heteroatoms. The van der Waals surface area contributed by atoms with Crippen molar-refractivity contribution in [2.75, 3.05) is 7.11 Å². The summed E-state index contributed by atoms with van der Waals surface area (Å²) in [6, 6.07) is 5.68. The van der Waals surface area contributed by atoms with E-state index in [-0.39, 0.29) is 23.9 Å². The molecule has 0 radical (unpaired) electrons. The van der Waals surface area contributed by atoms with Crippen LogP contribution < -0.4 is 10.1 Å². The topological polar surface area (TPSA) is 84.9 Å². The molecule has 29 heavy (non-hydrogen) atoms. The van der Waals surface area contributed by atoms with E-state index in [1.54, 1.807) is 57.0 Å². The van der Waals surface area contributed by atoms with Crippen LogP contribution in [0, 0.1) is 5.92 Å². The van der Waals surface area contributed by atoms with Gasteiger partial charge in [-0.3, -0.25) is 9.59 Å². The Morgan fingerprint density at radius 3 is 1.83 bits per heavy atom. The van der Waals surface area contributed by atoms with E-state index in [4.69, 9.17) is 9.47 Å². The molecule has 1 aromatic rings. The van der Waals surface area contributed by atoms with E-state index < -0.39 is 24.0 Å². The molecule has 2 amide bonds. The molecule has 1 rings (SSSR count). The van der Waals surface area contributed by atoms with Gasteiger partial charge in [0.2, 0.25) is 0 Å². The summed E-state index contributed by atoms with van der Waals surface area (Å²) >= 11 is 0. The minimum atomic E-state index is -0.938. The van der Waals surface area contributed by atoms with Crippen molar-refractivity contribution in [3.63, 3.8) is 0 Å². The molecule has 0 heterocycles. The molecule has 0 aliphatic carbocycles. The maximum absolute atomic E-state index is 12.7. The lowest BCUT2D eigenvalue weighted by Crippen LogP contribution is -2.50. The number of methoxy groups -OCH3 is 1. The van der Waals surface area contributed by atoms with Crippen molar-refractivity contribution in [3.05, 3.63) is 29.8 Å². The summed E-state index contributed by atoms with van der Waals surface area (Å²) in [5.41, 5.74) is 0.402. The van der Waals surface area contributed by atoms with Gasteiger partial charge in [0.15, 0.2) is 6.10 Å². The van der Waals surface area contributed by atoms with Gasteiger partial charge < -0.3 is 19.7 Å². The average Bonchev–Trinajstić information content (AvgIpc) is 2.64. The number of nitrogens with zero attached hydrogens (tertiary/aromatic N) is 1. The highest BCUT2D eigenvalue weighted by Crippen LogP contribution is 2.14. The molecule has 2 atom stereocenters. The number of ether oxygens (including phenoxy) is 2. The molecule has 7 nitrogen and oxygen atoms in total. The Bertz CT molecular complexity index is 690. The Balaban J connectivity index is 2.86. The van der Waals surface area contributed by atoms with Gasteiger partial charge in [0.1, 0.15) is 11.8 Å². The zero-order valence-electron chi connectivity index (χ0n) is 18.7. The maximum Gasteiger partial charge on any atom is 0.329 e. The van der Waals surface area contributed by atoms with E-state index >= 15 is 0 Å². The summed E-state index contributed by atoms with van der Waals surface area (Å²) in [5.74, 6) is -0.859. The van der Waals surface area contributed by atoms with Crippen molar-refractivity contribution in [2.45, 2.75) is 72.7 Å². The summed E-state index contributed by atoms with van der Waals surface area (Å²) in [5, 5.41) is 2.71. The lowest BCUT2D eigenvalue weighted by Gasteiger charge is -2.33. The Morgan fingerprint density at radius 1 is 0.897 bits per heavy atom. The summed E-state index contributed by atoms with van der Waals surface area (Å²) in [6.07, 6.45) is -0.938. The zero-order chi connectivity index (χ0) is 22.3. The highest BCUT2D eigenvalue weighted by atomic mass is 16.5. The molecule has 0 saturated carbocycles. The highest BCUT2D eigenvalue weighted by molar-refractivity contribution is 5.97. The van der Waals surface area contributed by atoms with Crippen molar-refractivity contribution in [2.24, 2.45) is 5.92 Å². The summed E-state index contributed by atoms with van der Waals surface area (Å²) in [7, 11) is 1.54. The smallest absolute Gasteiger partial charge is 0.329 e. The van der Waals surface area contributed by atoms with Gasteiger partial charge in [-0.2, -0.15) is 0 Å². The second-order valence-electron chi connectivity index (χ2n) is 7.94. The van der Waals surface area contributed by atoms with Crippen LogP contribution in [0.5, 0.6) is 5.75 Å². The fraction of sp³-hybridized carbons (Fsp3) is 0.591. The average molecular weight is 407 g/mol. The summed E-state index contributed by atoms with van der Waals surface area (Å²) in [4.78, 5) is 39.6. The number of hydrogen-bond donors (Lipinski definition) is 1. The number of esters is 1. The van der Waals surface area contributed by atoms with Crippen molar-refractivity contribution >= 4 is 17.8 Å². The van der Waals surface area contributed by atoms with Crippen LogP contribution in [0.25, 0.3) is 0 Å². The molecule has 1 aromatic carbocycles. The van der Waals surface area contributed by atoms with Crippen molar-refractivity contribution < 1.29 is 23.9 Å². The van der Waals surface area contributed by atoms with Gasteiger partial charge in [-0.25, -0.2) is 4.79 Å². The third kappa shape index (κ3) is 6.76. The van der Waals surface area contributed by atoms with Crippen LogP contribution in [0.1, 0.15) is 58.8 Å². The Hall–Kier alpha value is -2.57. The van der Waals surface area contributed by atoms with Crippen molar-refractivity contribution in [1.82, 2.24) is 10.2 Å². The molecular formula is C22H34N2O5. The van der Waals surface area contributed by atoms with Crippen LogP contribution >= 0.6 is 0 Å². The lowest BCUT2D eigenvalue weighted by atomic mass is 10.0. The number of carbonyl (C=O) groups is 3. The van der Waals surface area contributed by atoms with Gasteiger partial charge >= 0.3 is 5.97 Å². The summed E-state index contributed by atoms with van der Waals surface area (Å²) in [6.45, 7) is 12.8. The molecule has 0 aromatic heterocycles. The highest BCUT2D eigenvalue weighted by Gasteiger charge is 2.32. The monoisotopic (exact) mass is 406 g/mol. The fourth-order valence-electron chi connectivity index (χ4n) is 3.08. The minimum Gasteiger partial charge on any atom is -0.497 e. The van der Waals surface area contributed by atoms with Gasteiger partial charge in [0.05, 0.1) is 7.11 Å². The summed E-state index contributed by atoms with van der Waals surface area (Å²) < 4.78 is 10.5. The first-order chi connectivity index (χ1) is 13.5. The first-order valence-electron chi connectivity index (χ1n) is 9.97. The second kappa shape index (κ2) is 10.8. The SMILES string of the molecule is COc1ccc(C(=O)N[C@H](C(=O)O[C@H](C)C(=O)N(C(C)C)C(C)C)C(C)C)cc1. The van der Waals surface area contributed by atoms with Gasteiger partial charge in [-0.15, -0.1) is 0 Å². The van der Waals surface area contributed by atoms with E-state index in [0.29, 0.717) is 11.3 Å². The lowest BCUT2D eigenvalue weighted by molar-refractivity contribution is -0.163. The quantitative estimate of drug-likeness (QED) is 0.637. The first kappa shape index (κ1) is 24.5. The second-order valence-corrected chi connectivity index (χ2v) is 7.94. The molecule has 0 unspecified atom stereocenters. The van der Waals surface area contributed by atoms with Crippen molar-refractivity contribution in [1.29, 1.82) is 0 Å². The van der Waals surface area contributed by atoms with Crippen LogP contribution in [0.4, 0.5) is 0 Å². The van der Waals surface area contributed by atoms with E-state index in [0.717, 1.165) is 0 Å². The first-order valence-corrected chi connectivity index (χ1v) is 9.97. The third-order valence-electron chi connectivity index (χ3n) is 4.57. The number of hydrogen-bond acceptors (Lipinski definition) is 5. The van der Waals surface area contributed by atoms with Crippen LogP contribution in [-0.4, -0.2) is 54.0 Å². The number of benzene rings is 1. The van der Waals surface area contributed by atoms with Crippen LogP contribution in [0.15, 0.2) is 24.3 Å². The molecular weight excluding hydrogens is 372 g/mol. The maximum atomic E-state index is 12.7. The van der Waals surface area contributed by atoms with Crippen molar-refractivity contribution in [3.8, 4) is 5.75 Å². The van der Waals surface area contributed by atoms with Gasteiger partial charge in [0, 0.05) is 17.6 Å². The van der Waals surface area contributed by atoms with E-state index in [2.05, 4.69) is 5.32 Å². The zero-order valence-corrected chi connectivity index (χ0v) is 18.7. The number of amides is 2. The minimum absolute atomic E-state index is 0.0145. The van der Waals surface area contributed by atoms with Gasteiger partial charge in [-0.05, 0) is 64.8 Å². The molecule has 0 fully saturated rings. The molecule has 1 N–H and O–H groups in total. The molecule has 162 valence electrons. The van der Waals surface area contributed by atoms with E-state index in [9.17, 15) is 14.4 Å². The van der Waals surface area contributed by atoms with Gasteiger partial charge in [0.25, 0.3) is 11.8 Å². The molecule has 0 spiro atoms. The number of nitrogens with one attached hydrogen (secondary N) is 1. The molecule has 0 bridgehead atoms. The molecule has 0 aliphatic rings. The van der Waals surface area contributed by atoms with Gasteiger partial charge in [-0.1, -0.05) is 13.8 Å². The largest absolute Gasteiger partial charge is 0.497 e.